The molecule has 1 aromatic heterocycles. The lowest BCUT2D eigenvalue weighted by atomic mass is 10.1. The first-order chi connectivity index (χ1) is 11.7. The third kappa shape index (κ3) is 5.85. The number of methoxy groups -OCH3 is 1. The number of hydrogen-bond acceptors (Lipinski definition) is 4. The number of allylic oxidation sites excluding steroid dienone is 3. The highest BCUT2D eigenvalue weighted by molar-refractivity contribution is 5.41. The third-order valence-electron chi connectivity index (χ3n) is 4.13. The summed E-state index contributed by atoms with van der Waals surface area (Å²) in [5.74, 6) is 1.93. The molecule has 0 spiro atoms. The minimum Gasteiger partial charge on any atom is -0.497 e. The van der Waals surface area contributed by atoms with E-state index in [2.05, 4.69) is 40.8 Å². The predicted octanol–water partition coefficient (Wildman–Crippen LogP) is 3.82. The third-order valence-corrected chi connectivity index (χ3v) is 4.13. The van der Waals surface area contributed by atoms with Gasteiger partial charge in [0.05, 0.1) is 7.11 Å². The maximum atomic E-state index is 5.28. The van der Waals surface area contributed by atoms with Crippen molar-refractivity contribution in [1.82, 2.24) is 10.3 Å². The molecule has 2 rings (SSSR count). The van der Waals surface area contributed by atoms with Crippen LogP contribution in [0.3, 0.4) is 0 Å². The Morgan fingerprint density at radius 3 is 2.88 bits per heavy atom. The number of pyridine rings is 1. The molecule has 1 aliphatic heterocycles. The van der Waals surface area contributed by atoms with Crippen LogP contribution in [0.1, 0.15) is 31.7 Å². The van der Waals surface area contributed by atoms with Crippen molar-refractivity contribution < 1.29 is 4.74 Å². The van der Waals surface area contributed by atoms with Gasteiger partial charge in [0.25, 0.3) is 0 Å². The summed E-state index contributed by atoms with van der Waals surface area (Å²) in [6.45, 7) is 9.69. The second-order valence-electron chi connectivity index (χ2n) is 6.17. The highest BCUT2D eigenvalue weighted by Crippen LogP contribution is 2.18. The minimum atomic E-state index is 0.819. The van der Waals surface area contributed by atoms with Crippen LogP contribution in [0.4, 0.5) is 5.82 Å². The van der Waals surface area contributed by atoms with E-state index in [1.54, 1.807) is 13.2 Å². The average molecular weight is 327 g/mol. The van der Waals surface area contributed by atoms with Gasteiger partial charge in [0, 0.05) is 32.4 Å². The number of ether oxygens (including phenoxy) is 1. The molecule has 1 N–H and O–H groups in total. The summed E-state index contributed by atoms with van der Waals surface area (Å²) in [5.41, 5.74) is 2.49. The van der Waals surface area contributed by atoms with Crippen molar-refractivity contribution in [2.75, 3.05) is 31.6 Å². The lowest BCUT2D eigenvalue weighted by Crippen LogP contribution is -2.30. The molecule has 0 radical (unpaired) electrons. The number of nitrogens with zero attached hydrogens (tertiary/aromatic N) is 2. The van der Waals surface area contributed by atoms with Gasteiger partial charge >= 0.3 is 0 Å². The van der Waals surface area contributed by atoms with Crippen molar-refractivity contribution in [2.24, 2.45) is 0 Å². The van der Waals surface area contributed by atoms with E-state index < -0.39 is 0 Å². The van der Waals surface area contributed by atoms with Crippen LogP contribution in [0.15, 0.2) is 54.5 Å². The van der Waals surface area contributed by atoms with Gasteiger partial charge in [-0.1, -0.05) is 18.2 Å². The molecule has 0 bridgehead atoms. The molecular weight excluding hydrogens is 298 g/mol. The second kappa shape index (κ2) is 9.93. The molecule has 0 aliphatic carbocycles. The van der Waals surface area contributed by atoms with Gasteiger partial charge in [-0.2, -0.15) is 0 Å². The zero-order chi connectivity index (χ0) is 17.2. The van der Waals surface area contributed by atoms with Crippen LogP contribution < -0.4 is 10.2 Å². The zero-order valence-corrected chi connectivity index (χ0v) is 14.9. The highest BCUT2D eigenvalue weighted by Gasteiger charge is 2.12. The second-order valence-corrected chi connectivity index (χ2v) is 6.17. The largest absolute Gasteiger partial charge is 0.497 e. The molecule has 0 aromatic carbocycles. The number of rotatable bonds is 8. The van der Waals surface area contributed by atoms with E-state index in [0.29, 0.717) is 0 Å². The molecule has 0 unspecified atom stereocenters. The lowest BCUT2D eigenvalue weighted by Gasteiger charge is -2.27. The molecule has 24 heavy (non-hydrogen) atoms. The smallest absolute Gasteiger partial charge is 0.128 e. The topological polar surface area (TPSA) is 37.4 Å². The van der Waals surface area contributed by atoms with Gasteiger partial charge in [0.1, 0.15) is 11.6 Å². The van der Waals surface area contributed by atoms with E-state index in [-0.39, 0.29) is 0 Å². The molecule has 1 fully saturated rings. The van der Waals surface area contributed by atoms with Gasteiger partial charge in [0.2, 0.25) is 0 Å². The summed E-state index contributed by atoms with van der Waals surface area (Å²) in [5, 5.41) is 3.48. The average Bonchev–Trinajstić information content (AvgIpc) is 2.62. The zero-order valence-electron chi connectivity index (χ0n) is 14.9. The normalized spacial score (nSPS) is 16.2. The summed E-state index contributed by atoms with van der Waals surface area (Å²) < 4.78 is 5.28. The Hall–Kier alpha value is -2.07. The van der Waals surface area contributed by atoms with Gasteiger partial charge in [-0.15, -0.1) is 0 Å². The Kier molecular flexibility index (Phi) is 7.56. The molecule has 0 saturated carbocycles. The van der Waals surface area contributed by atoms with Gasteiger partial charge in [-0.05, 0) is 56.0 Å². The van der Waals surface area contributed by atoms with Crippen LogP contribution in [0.5, 0.6) is 0 Å². The van der Waals surface area contributed by atoms with Gasteiger partial charge in [-0.3, -0.25) is 0 Å². The molecule has 1 aromatic rings. The summed E-state index contributed by atoms with van der Waals surface area (Å²) >= 11 is 0. The lowest BCUT2D eigenvalue weighted by molar-refractivity contribution is 0.306. The summed E-state index contributed by atoms with van der Waals surface area (Å²) in [4.78, 5) is 6.92. The highest BCUT2D eigenvalue weighted by atomic mass is 16.5. The molecule has 0 amide bonds. The van der Waals surface area contributed by atoms with Crippen molar-refractivity contribution in [3.63, 3.8) is 0 Å². The number of nitrogens with one attached hydrogen (secondary N) is 1. The fourth-order valence-electron chi connectivity index (χ4n) is 2.86. The van der Waals surface area contributed by atoms with E-state index in [4.69, 9.17) is 4.74 Å². The van der Waals surface area contributed by atoms with Crippen molar-refractivity contribution in [3.8, 4) is 0 Å². The Balaban J connectivity index is 1.87. The van der Waals surface area contributed by atoms with Crippen LogP contribution in [0.25, 0.3) is 0 Å². The van der Waals surface area contributed by atoms with E-state index in [9.17, 15) is 0 Å². The van der Waals surface area contributed by atoms with Gasteiger partial charge < -0.3 is 15.0 Å². The number of anilines is 1. The van der Waals surface area contributed by atoms with Crippen LogP contribution in [0.2, 0.25) is 0 Å². The van der Waals surface area contributed by atoms with Gasteiger partial charge in [-0.25, -0.2) is 4.98 Å². The Morgan fingerprint density at radius 1 is 1.38 bits per heavy atom. The van der Waals surface area contributed by atoms with E-state index in [1.165, 1.54) is 30.4 Å². The number of aromatic nitrogens is 1. The monoisotopic (exact) mass is 327 g/mol. The Labute approximate surface area is 145 Å². The minimum absolute atomic E-state index is 0.819. The number of piperidine rings is 1. The maximum absolute atomic E-state index is 5.28. The van der Waals surface area contributed by atoms with Crippen molar-refractivity contribution in [3.05, 3.63) is 60.0 Å². The van der Waals surface area contributed by atoms with Crippen LogP contribution in [-0.4, -0.2) is 31.7 Å². The summed E-state index contributed by atoms with van der Waals surface area (Å²) in [7, 11) is 1.67. The van der Waals surface area contributed by atoms with Crippen molar-refractivity contribution in [2.45, 2.75) is 32.7 Å². The fourth-order valence-corrected chi connectivity index (χ4v) is 2.86. The number of hydrogen-bond donors (Lipinski definition) is 1. The maximum Gasteiger partial charge on any atom is 0.128 e. The molecule has 4 nitrogen and oxygen atoms in total. The van der Waals surface area contributed by atoms with Crippen molar-refractivity contribution in [1.29, 1.82) is 0 Å². The van der Waals surface area contributed by atoms with E-state index in [1.807, 2.05) is 18.3 Å². The first-order valence-electron chi connectivity index (χ1n) is 8.67. The molecule has 2 heterocycles. The SMILES string of the molecule is C=C/C=C(\C=C(/C)CNCc1ccnc(N2CCCCC2)c1)OC. The molecule has 4 heteroatoms. The molecular formula is C20H29N3O. The van der Waals surface area contributed by atoms with Gasteiger partial charge in [0.15, 0.2) is 0 Å². The van der Waals surface area contributed by atoms with E-state index >= 15 is 0 Å². The van der Waals surface area contributed by atoms with Crippen LogP contribution in [-0.2, 0) is 11.3 Å². The molecule has 130 valence electrons. The molecule has 0 atom stereocenters. The predicted molar refractivity (Wildman–Crippen MR) is 101 cm³/mol. The quantitative estimate of drug-likeness (QED) is 0.582. The standard InChI is InChI=1S/C20H29N3O/c1-4-8-19(24-3)13-17(2)15-21-16-18-9-10-22-20(14-18)23-11-6-5-7-12-23/h4,8-10,13-14,21H,1,5-7,11-12,15-16H2,2-3H3/b17-13+,19-8+. The van der Waals surface area contributed by atoms with Crippen molar-refractivity contribution >= 4 is 5.82 Å². The summed E-state index contributed by atoms with van der Waals surface area (Å²) in [6.07, 6.45) is 11.4. The fraction of sp³-hybridized carbons (Fsp3) is 0.450. The first kappa shape index (κ1) is 18.3. The summed E-state index contributed by atoms with van der Waals surface area (Å²) in [6, 6.07) is 4.28. The molecule has 1 aliphatic rings. The van der Waals surface area contributed by atoms with Crippen LogP contribution >= 0.6 is 0 Å². The molecule has 1 saturated heterocycles. The Bertz CT molecular complexity index is 586. The van der Waals surface area contributed by atoms with Crippen LogP contribution in [0, 0.1) is 0 Å². The Morgan fingerprint density at radius 2 is 2.17 bits per heavy atom. The van der Waals surface area contributed by atoms with E-state index in [0.717, 1.165) is 37.8 Å². The first-order valence-corrected chi connectivity index (χ1v) is 8.67.